The number of anilines is 1. The maximum absolute atomic E-state index is 5.81. The SMILES string of the molecule is COc1nc(N(C)C)sc1/C=C(/C)C(C)N. The predicted octanol–water partition coefficient (Wildman–Crippen LogP) is 1.97. The summed E-state index contributed by atoms with van der Waals surface area (Å²) in [7, 11) is 5.56. The Balaban J connectivity index is 3.08. The first-order valence-electron chi connectivity index (χ1n) is 5.11. The van der Waals surface area contributed by atoms with Crippen LogP contribution in [0.5, 0.6) is 5.88 Å². The largest absolute Gasteiger partial charge is 0.480 e. The van der Waals surface area contributed by atoms with Crippen molar-refractivity contribution in [3.63, 3.8) is 0 Å². The molecule has 0 amide bonds. The van der Waals surface area contributed by atoms with Crippen molar-refractivity contribution in [2.75, 3.05) is 26.1 Å². The third-order valence-electron chi connectivity index (χ3n) is 2.26. The number of hydrogen-bond donors (Lipinski definition) is 1. The van der Waals surface area contributed by atoms with Crippen LogP contribution in [0.25, 0.3) is 6.08 Å². The number of hydrogen-bond acceptors (Lipinski definition) is 5. The minimum Gasteiger partial charge on any atom is -0.480 e. The molecule has 2 N–H and O–H groups in total. The summed E-state index contributed by atoms with van der Waals surface area (Å²) in [5.74, 6) is 0.661. The topological polar surface area (TPSA) is 51.4 Å². The van der Waals surface area contributed by atoms with Gasteiger partial charge in [-0.2, -0.15) is 4.98 Å². The number of nitrogens with two attached hydrogens (primary N) is 1. The first kappa shape index (κ1) is 13.0. The van der Waals surface area contributed by atoms with Gasteiger partial charge in [0.25, 0.3) is 0 Å². The third kappa shape index (κ3) is 2.96. The van der Waals surface area contributed by atoms with Gasteiger partial charge in [-0.25, -0.2) is 0 Å². The van der Waals surface area contributed by atoms with Gasteiger partial charge in [-0.1, -0.05) is 16.9 Å². The van der Waals surface area contributed by atoms with Crippen molar-refractivity contribution in [2.45, 2.75) is 19.9 Å². The first-order chi connectivity index (χ1) is 7.45. The van der Waals surface area contributed by atoms with Crippen LogP contribution in [0, 0.1) is 0 Å². The summed E-state index contributed by atoms with van der Waals surface area (Å²) in [6.07, 6.45) is 2.04. The van der Waals surface area contributed by atoms with E-state index in [2.05, 4.69) is 4.98 Å². The van der Waals surface area contributed by atoms with E-state index in [1.807, 2.05) is 38.9 Å². The van der Waals surface area contributed by atoms with E-state index in [0.717, 1.165) is 15.6 Å². The van der Waals surface area contributed by atoms with Gasteiger partial charge >= 0.3 is 0 Å². The van der Waals surface area contributed by atoms with Crippen LogP contribution in [0.2, 0.25) is 0 Å². The lowest BCUT2D eigenvalue weighted by Crippen LogP contribution is -2.15. The molecule has 0 aliphatic carbocycles. The van der Waals surface area contributed by atoms with Crippen molar-refractivity contribution >= 4 is 22.5 Å². The van der Waals surface area contributed by atoms with Crippen LogP contribution in [-0.2, 0) is 0 Å². The van der Waals surface area contributed by atoms with Crippen LogP contribution in [-0.4, -0.2) is 32.2 Å². The van der Waals surface area contributed by atoms with Gasteiger partial charge in [0, 0.05) is 20.1 Å². The fourth-order valence-electron chi connectivity index (χ4n) is 1.07. The minimum atomic E-state index is 0.0506. The molecule has 1 aromatic heterocycles. The van der Waals surface area contributed by atoms with Gasteiger partial charge in [0.05, 0.1) is 12.0 Å². The number of thiazole rings is 1. The van der Waals surface area contributed by atoms with E-state index in [0.29, 0.717) is 5.88 Å². The Hall–Kier alpha value is -1.07. The third-order valence-corrected chi connectivity index (χ3v) is 3.41. The van der Waals surface area contributed by atoms with Crippen molar-refractivity contribution in [1.82, 2.24) is 4.98 Å². The maximum Gasteiger partial charge on any atom is 0.233 e. The standard InChI is InChI=1S/C11H19N3OS/c1-7(8(2)12)6-9-10(15-5)13-11(16-9)14(3)4/h6,8H,12H2,1-5H3/b7-6-. The molecule has 5 heteroatoms. The van der Waals surface area contributed by atoms with Gasteiger partial charge in [0.15, 0.2) is 5.13 Å². The highest BCUT2D eigenvalue weighted by Gasteiger charge is 2.11. The lowest BCUT2D eigenvalue weighted by Gasteiger charge is -2.05. The fraction of sp³-hybridized carbons (Fsp3) is 0.545. The van der Waals surface area contributed by atoms with E-state index in [-0.39, 0.29) is 6.04 Å². The fourth-order valence-corrected chi connectivity index (χ4v) is 2.04. The molecule has 0 spiro atoms. The van der Waals surface area contributed by atoms with Crippen LogP contribution in [0.3, 0.4) is 0 Å². The average molecular weight is 241 g/mol. The van der Waals surface area contributed by atoms with Gasteiger partial charge in [-0.3, -0.25) is 0 Å². The smallest absolute Gasteiger partial charge is 0.233 e. The molecule has 1 unspecified atom stereocenters. The monoisotopic (exact) mass is 241 g/mol. The lowest BCUT2D eigenvalue weighted by atomic mass is 10.1. The van der Waals surface area contributed by atoms with Crippen LogP contribution >= 0.6 is 11.3 Å². The van der Waals surface area contributed by atoms with Crippen molar-refractivity contribution < 1.29 is 4.74 Å². The second-order valence-electron chi connectivity index (χ2n) is 3.94. The molecule has 0 fully saturated rings. The zero-order valence-corrected chi connectivity index (χ0v) is 11.3. The molecule has 0 aliphatic heterocycles. The molecule has 1 atom stereocenters. The highest BCUT2D eigenvalue weighted by molar-refractivity contribution is 7.16. The number of nitrogens with zero attached hydrogens (tertiary/aromatic N) is 2. The molecule has 0 aliphatic rings. The zero-order valence-electron chi connectivity index (χ0n) is 10.4. The molecule has 0 radical (unpaired) electrons. The van der Waals surface area contributed by atoms with Crippen LogP contribution in [0.4, 0.5) is 5.13 Å². The summed E-state index contributed by atoms with van der Waals surface area (Å²) in [6.45, 7) is 3.98. The Morgan fingerprint density at radius 3 is 2.62 bits per heavy atom. The van der Waals surface area contributed by atoms with Gasteiger partial charge in [0.2, 0.25) is 5.88 Å². The number of rotatable bonds is 4. The van der Waals surface area contributed by atoms with Crippen LogP contribution in [0.15, 0.2) is 5.57 Å². The van der Waals surface area contributed by atoms with Gasteiger partial charge in [-0.15, -0.1) is 0 Å². The van der Waals surface area contributed by atoms with Crippen molar-refractivity contribution in [1.29, 1.82) is 0 Å². The summed E-state index contributed by atoms with van der Waals surface area (Å²) in [5.41, 5.74) is 6.92. The second kappa shape index (κ2) is 5.32. The minimum absolute atomic E-state index is 0.0506. The summed E-state index contributed by atoms with van der Waals surface area (Å²) >= 11 is 1.60. The molecule has 4 nitrogen and oxygen atoms in total. The lowest BCUT2D eigenvalue weighted by molar-refractivity contribution is 0.400. The molecule has 1 rings (SSSR count). The molecule has 0 saturated carbocycles. The number of methoxy groups -OCH3 is 1. The van der Waals surface area contributed by atoms with E-state index >= 15 is 0 Å². The Morgan fingerprint density at radius 2 is 2.19 bits per heavy atom. The molecule has 16 heavy (non-hydrogen) atoms. The summed E-state index contributed by atoms with van der Waals surface area (Å²) in [6, 6.07) is 0.0506. The van der Waals surface area contributed by atoms with E-state index < -0.39 is 0 Å². The van der Waals surface area contributed by atoms with E-state index in [1.165, 1.54) is 0 Å². The molecule has 0 saturated heterocycles. The molecule has 90 valence electrons. The molecule has 0 bridgehead atoms. The number of aromatic nitrogens is 1. The van der Waals surface area contributed by atoms with Crippen molar-refractivity contribution in [2.24, 2.45) is 5.73 Å². The highest BCUT2D eigenvalue weighted by Crippen LogP contribution is 2.32. The summed E-state index contributed by atoms with van der Waals surface area (Å²) < 4.78 is 5.24. The summed E-state index contributed by atoms with van der Waals surface area (Å²) in [4.78, 5) is 7.36. The Morgan fingerprint density at radius 1 is 1.56 bits per heavy atom. The molecular formula is C11H19N3OS. The van der Waals surface area contributed by atoms with Gasteiger partial charge in [-0.05, 0) is 19.9 Å². The van der Waals surface area contributed by atoms with Crippen LogP contribution < -0.4 is 15.4 Å². The van der Waals surface area contributed by atoms with Gasteiger partial charge < -0.3 is 15.4 Å². The quantitative estimate of drug-likeness (QED) is 0.875. The molecule has 0 aromatic carbocycles. The normalized spacial score (nSPS) is 13.8. The maximum atomic E-state index is 5.81. The molecule has 1 aromatic rings. The van der Waals surface area contributed by atoms with Crippen molar-refractivity contribution in [3.8, 4) is 5.88 Å². The van der Waals surface area contributed by atoms with E-state index in [9.17, 15) is 0 Å². The highest BCUT2D eigenvalue weighted by atomic mass is 32.1. The Kier molecular flexibility index (Phi) is 4.32. The van der Waals surface area contributed by atoms with Crippen molar-refractivity contribution in [3.05, 3.63) is 10.5 Å². The predicted molar refractivity (Wildman–Crippen MR) is 70.3 cm³/mol. The number of ether oxygens (including phenoxy) is 1. The van der Waals surface area contributed by atoms with E-state index in [4.69, 9.17) is 10.5 Å². The average Bonchev–Trinajstić information content (AvgIpc) is 2.60. The van der Waals surface area contributed by atoms with E-state index in [1.54, 1.807) is 18.4 Å². The Labute approximate surface area is 101 Å². The first-order valence-corrected chi connectivity index (χ1v) is 5.93. The molecular weight excluding hydrogens is 222 g/mol. The van der Waals surface area contributed by atoms with Crippen LogP contribution in [0.1, 0.15) is 18.7 Å². The zero-order chi connectivity index (χ0) is 12.3. The second-order valence-corrected chi connectivity index (χ2v) is 4.95. The Bertz CT molecular complexity index is 383. The molecule has 1 heterocycles. The van der Waals surface area contributed by atoms with Gasteiger partial charge in [0.1, 0.15) is 0 Å². The summed E-state index contributed by atoms with van der Waals surface area (Å²) in [5, 5.41) is 0.931.